The smallest absolute Gasteiger partial charge is 0.165 e. The fourth-order valence-electron chi connectivity index (χ4n) is 4.45. The summed E-state index contributed by atoms with van der Waals surface area (Å²) >= 11 is 0. The molecule has 3 atom stereocenters. The summed E-state index contributed by atoms with van der Waals surface area (Å²) in [6.07, 6.45) is 4.20. The van der Waals surface area contributed by atoms with Crippen molar-refractivity contribution in [3.8, 4) is 5.75 Å². The number of carbonyl (C=O) groups excluding carboxylic acids is 1. The Hall–Kier alpha value is -2.28. The van der Waals surface area contributed by atoms with Crippen LogP contribution < -0.4 is 15.4 Å². The maximum Gasteiger partial charge on any atom is 0.165 e. The summed E-state index contributed by atoms with van der Waals surface area (Å²) in [5.41, 5.74) is 3.04. The Morgan fingerprint density at radius 3 is 2.47 bits per heavy atom. The molecule has 1 aliphatic heterocycles. The first-order valence-electron chi connectivity index (χ1n) is 11.5. The van der Waals surface area contributed by atoms with Gasteiger partial charge < -0.3 is 20.3 Å². The van der Waals surface area contributed by atoms with Gasteiger partial charge in [-0.15, -0.1) is 0 Å². The molecule has 1 aliphatic carbocycles. The Morgan fingerprint density at radius 1 is 1.16 bits per heavy atom. The van der Waals surface area contributed by atoms with Crippen LogP contribution in [0.5, 0.6) is 5.75 Å². The van der Waals surface area contributed by atoms with E-state index in [9.17, 15) is 9.18 Å². The van der Waals surface area contributed by atoms with Crippen LogP contribution in [-0.4, -0.2) is 57.6 Å². The van der Waals surface area contributed by atoms with Crippen molar-refractivity contribution in [2.45, 2.75) is 44.2 Å². The molecule has 1 heterocycles. The van der Waals surface area contributed by atoms with Crippen LogP contribution >= 0.6 is 0 Å². The van der Waals surface area contributed by atoms with Crippen LogP contribution in [0, 0.1) is 5.82 Å². The Kier molecular flexibility index (Phi) is 9.21. The lowest BCUT2D eigenvalue weighted by atomic mass is 9.96. The van der Waals surface area contributed by atoms with E-state index >= 15 is 0 Å². The third-order valence-corrected chi connectivity index (χ3v) is 6.48. The number of hydrogen-bond acceptors (Lipinski definition) is 5. The van der Waals surface area contributed by atoms with Crippen LogP contribution in [0.1, 0.15) is 59.6 Å². The second kappa shape index (κ2) is 12.1. The van der Waals surface area contributed by atoms with Gasteiger partial charge in [-0.25, -0.2) is 4.39 Å². The predicted octanol–water partition coefficient (Wildman–Crippen LogP) is 4.16. The highest BCUT2D eigenvalue weighted by atomic mass is 19.1. The van der Waals surface area contributed by atoms with E-state index in [1.165, 1.54) is 31.8 Å². The molecule has 2 aromatic rings. The van der Waals surface area contributed by atoms with E-state index in [1.807, 2.05) is 12.1 Å². The number of nitrogens with zero attached hydrogens (tertiary/aromatic N) is 1. The summed E-state index contributed by atoms with van der Waals surface area (Å²) in [5, 5.41) is 6.93. The summed E-state index contributed by atoms with van der Waals surface area (Å²) in [5.74, 6) is 0.469. The molecule has 6 heteroatoms. The number of methoxy groups -OCH3 is 1. The largest absolute Gasteiger partial charge is 0.494 e. The predicted molar refractivity (Wildman–Crippen MR) is 127 cm³/mol. The minimum atomic E-state index is -0.335. The average molecular weight is 442 g/mol. The van der Waals surface area contributed by atoms with Crippen LogP contribution in [0.3, 0.4) is 0 Å². The summed E-state index contributed by atoms with van der Waals surface area (Å²) in [6.45, 7) is 6.84. The van der Waals surface area contributed by atoms with Crippen molar-refractivity contribution in [1.29, 1.82) is 0 Å². The molecule has 2 N–H and O–H groups in total. The molecule has 2 aliphatic rings. The van der Waals surface area contributed by atoms with E-state index in [0.29, 0.717) is 12.0 Å². The van der Waals surface area contributed by atoms with Crippen molar-refractivity contribution in [2.75, 3.05) is 40.3 Å². The molecule has 4 rings (SSSR count). The summed E-state index contributed by atoms with van der Waals surface area (Å²) in [6, 6.07) is 13.5. The maximum atomic E-state index is 13.6. The topological polar surface area (TPSA) is 53.6 Å². The average Bonchev–Trinajstić information content (AvgIpc) is 3.28. The van der Waals surface area contributed by atoms with Crippen LogP contribution in [-0.2, 0) is 0 Å². The van der Waals surface area contributed by atoms with Gasteiger partial charge in [0.2, 0.25) is 0 Å². The molecule has 0 aromatic heterocycles. The standard InChI is InChI=1S/C21H24FNO2.C5H12N2/c1-14(17-8-10-20(22)21(12-17)25-2)23-19-9-7-18(11-19)16-5-3-15(13-24)4-6-16;1-7-4-2-6-3-5-7/h3-6,8,10,12-14,18-19,23H,7,9,11H2,1-2H3;6H,2-5H2,1H3. The van der Waals surface area contributed by atoms with Gasteiger partial charge in [0.1, 0.15) is 6.29 Å². The first-order chi connectivity index (χ1) is 15.5. The molecule has 1 saturated heterocycles. The van der Waals surface area contributed by atoms with Gasteiger partial charge in [-0.3, -0.25) is 4.79 Å². The molecule has 1 saturated carbocycles. The summed E-state index contributed by atoms with van der Waals surface area (Å²) in [7, 11) is 3.64. The lowest BCUT2D eigenvalue weighted by Gasteiger charge is -2.21. The molecule has 5 nitrogen and oxygen atoms in total. The molecule has 174 valence electrons. The number of hydrogen-bond donors (Lipinski definition) is 2. The van der Waals surface area contributed by atoms with Crippen molar-refractivity contribution in [2.24, 2.45) is 0 Å². The van der Waals surface area contributed by atoms with Gasteiger partial charge in [0.05, 0.1) is 7.11 Å². The van der Waals surface area contributed by atoms with Crippen molar-refractivity contribution >= 4 is 6.29 Å². The Balaban J connectivity index is 0.000000352. The number of nitrogens with one attached hydrogen (secondary N) is 2. The number of rotatable bonds is 6. The molecule has 2 aromatic carbocycles. The van der Waals surface area contributed by atoms with E-state index in [1.54, 1.807) is 12.1 Å². The first kappa shape index (κ1) is 24.4. The van der Waals surface area contributed by atoms with Crippen LogP contribution in [0.4, 0.5) is 4.39 Å². The lowest BCUT2D eigenvalue weighted by Crippen LogP contribution is -2.40. The van der Waals surface area contributed by atoms with Crippen molar-refractivity contribution in [3.63, 3.8) is 0 Å². The molecule has 2 fully saturated rings. The monoisotopic (exact) mass is 441 g/mol. The summed E-state index contributed by atoms with van der Waals surface area (Å²) in [4.78, 5) is 13.1. The Morgan fingerprint density at radius 2 is 1.88 bits per heavy atom. The zero-order valence-corrected chi connectivity index (χ0v) is 19.4. The van der Waals surface area contributed by atoms with E-state index in [2.05, 4.69) is 41.6 Å². The fourth-order valence-corrected chi connectivity index (χ4v) is 4.45. The Labute approximate surface area is 191 Å². The SMILES string of the molecule is CN1CCNCC1.COc1cc(C(C)NC2CCC(c3ccc(C=O)cc3)C2)ccc1F. The molecule has 0 amide bonds. The van der Waals surface area contributed by atoms with Gasteiger partial charge in [0.15, 0.2) is 11.6 Å². The number of halogens is 1. The molecule has 3 unspecified atom stereocenters. The third kappa shape index (κ3) is 6.86. The lowest BCUT2D eigenvalue weighted by molar-refractivity contribution is 0.112. The Bertz CT molecular complexity index is 853. The minimum Gasteiger partial charge on any atom is -0.494 e. The number of piperazine rings is 1. The number of benzene rings is 2. The summed E-state index contributed by atoms with van der Waals surface area (Å²) < 4.78 is 18.6. The van der Waals surface area contributed by atoms with Gasteiger partial charge in [0.25, 0.3) is 0 Å². The van der Waals surface area contributed by atoms with E-state index in [-0.39, 0.29) is 17.6 Å². The molecule has 0 radical (unpaired) electrons. The van der Waals surface area contributed by atoms with Gasteiger partial charge in [-0.1, -0.05) is 30.3 Å². The molecular formula is C26H36FN3O2. The second-order valence-corrected chi connectivity index (χ2v) is 8.83. The number of likely N-dealkylation sites (N-methyl/N-ethyl adjacent to an activating group) is 1. The zero-order chi connectivity index (χ0) is 22.9. The number of carbonyl (C=O) groups is 1. The third-order valence-electron chi connectivity index (χ3n) is 6.48. The van der Waals surface area contributed by atoms with Crippen LogP contribution in [0.2, 0.25) is 0 Å². The number of ether oxygens (including phenoxy) is 1. The van der Waals surface area contributed by atoms with Gasteiger partial charge in [-0.2, -0.15) is 0 Å². The quantitative estimate of drug-likeness (QED) is 0.660. The fraction of sp³-hybridized carbons (Fsp3) is 0.500. The van der Waals surface area contributed by atoms with E-state index < -0.39 is 0 Å². The molecule has 0 spiro atoms. The van der Waals surface area contributed by atoms with Gasteiger partial charge >= 0.3 is 0 Å². The van der Waals surface area contributed by atoms with Crippen molar-refractivity contribution in [1.82, 2.24) is 15.5 Å². The molecule has 32 heavy (non-hydrogen) atoms. The second-order valence-electron chi connectivity index (χ2n) is 8.83. The van der Waals surface area contributed by atoms with Crippen LogP contribution in [0.15, 0.2) is 42.5 Å². The van der Waals surface area contributed by atoms with Crippen molar-refractivity contribution < 1.29 is 13.9 Å². The van der Waals surface area contributed by atoms with Crippen molar-refractivity contribution in [3.05, 3.63) is 65.0 Å². The van der Waals surface area contributed by atoms with Gasteiger partial charge in [-0.05, 0) is 62.4 Å². The number of aldehydes is 1. The first-order valence-corrected chi connectivity index (χ1v) is 11.5. The normalized spacial score (nSPS) is 22.0. The highest BCUT2D eigenvalue weighted by Gasteiger charge is 2.27. The molecule has 0 bridgehead atoms. The maximum absolute atomic E-state index is 13.6. The highest BCUT2D eigenvalue weighted by Crippen LogP contribution is 2.35. The highest BCUT2D eigenvalue weighted by molar-refractivity contribution is 5.74. The minimum absolute atomic E-state index is 0.135. The van der Waals surface area contributed by atoms with Crippen LogP contribution in [0.25, 0.3) is 0 Å². The van der Waals surface area contributed by atoms with Gasteiger partial charge in [0, 0.05) is 43.8 Å². The molecular weight excluding hydrogens is 405 g/mol. The zero-order valence-electron chi connectivity index (χ0n) is 19.4. The van der Waals surface area contributed by atoms with E-state index in [0.717, 1.165) is 49.8 Å². The van der Waals surface area contributed by atoms with E-state index in [4.69, 9.17) is 4.74 Å².